The highest BCUT2D eigenvalue weighted by atomic mass is 16.1. The minimum atomic E-state index is 0.586. The van der Waals surface area contributed by atoms with E-state index in [9.17, 15) is 4.79 Å². The van der Waals surface area contributed by atoms with Gasteiger partial charge in [-0.15, -0.1) is 0 Å². The van der Waals surface area contributed by atoms with Gasteiger partial charge >= 0.3 is 0 Å². The zero-order chi connectivity index (χ0) is 12.3. The van der Waals surface area contributed by atoms with Crippen molar-refractivity contribution in [3.8, 4) is 0 Å². The van der Waals surface area contributed by atoms with Crippen LogP contribution < -0.4 is 0 Å². The maximum absolute atomic E-state index is 10.8. The van der Waals surface area contributed by atoms with E-state index in [1.54, 1.807) is 0 Å². The summed E-state index contributed by atoms with van der Waals surface area (Å²) in [5, 5.41) is 0. The van der Waals surface area contributed by atoms with Gasteiger partial charge in [0.2, 0.25) is 0 Å². The second-order valence-electron chi connectivity index (χ2n) is 5.60. The highest BCUT2D eigenvalue weighted by Crippen LogP contribution is 2.37. The molecule has 0 N–H and O–H groups in total. The summed E-state index contributed by atoms with van der Waals surface area (Å²) in [6.45, 7) is 4.67. The Morgan fingerprint density at radius 3 is 2.59 bits per heavy atom. The first-order valence-electron chi connectivity index (χ1n) is 6.76. The summed E-state index contributed by atoms with van der Waals surface area (Å²) in [4.78, 5) is 10.8. The highest BCUT2D eigenvalue weighted by molar-refractivity contribution is 5.75. The van der Waals surface area contributed by atoms with E-state index in [1.807, 2.05) is 12.1 Å². The fraction of sp³-hybridized carbons (Fsp3) is 0.562. The normalized spacial score (nSPS) is 26.5. The van der Waals surface area contributed by atoms with Crippen molar-refractivity contribution in [1.29, 1.82) is 0 Å². The Balaban J connectivity index is 2.08. The van der Waals surface area contributed by atoms with Crippen LogP contribution in [-0.4, -0.2) is 6.29 Å². The third-order valence-electron chi connectivity index (χ3n) is 4.34. The lowest BCUT2D eigenvalue weighted by Gasteiger charge is -2.31. The molecule has 0 spiro atoms. The molecule has 0 aliphatic heterocycles. The van der Waals surface area contributed by atoms with Gasteiger partial charge in [-0.25, -0.2) is 0 Å². The summed E-state index contributed by atoms with van der Waals surface area (Å²) < 4.78 is 0. The Hall–Kier alpha value is -1.11. The van der Waals surface area contributed by atoms with Gasteiger partial charge in [-0.1, -0.05) is 44.9 Å². The van der Waals surface area contributed by atoms with Gasteiger partial charge in [-0.05, 0) is 42.2 Å². The van der Waals surface area contributed by atoms with Crippen molar-refractivity contribution in [2.45, 2.75) is 45.4 Å². The monoisotopic (exact) mass is 230 g/mol. The Bertz CT molecular complexity index is 375. The highest BCUT2D eigenvalue weighted by Gasteiger charge is 2.24. The van der Waals surface area contributed by atoms with Gasteiger partial charge in [0.15, 0.2) is 0 Å². The standard InChI is InChI=1S/C16H22O/c1-12-6-8-15(9-7-12)13(2)16-5-3-4-14(10-16)11-17/h3-5,10-13,15H,6-9H2,1-2H3. The Morgan fingerprint density at radius 2 is 1.94 bits per heavy atom. The molecule has 0 radical (unpaired) electrons. The average molecular weight is 230 g/mol. The van der Waals surface area contributed by atoms with E-state index in [1.165, 1.54) is 31.2 Å². The van der Waals surface area contributed by atoms with Gasteiger partial charge in [-0.2, -0.15) is 0 Å². The lowest BCUT2D eigenvalue weighted by atomic mass is 9.74. The molecule has 0 aromatic heterocycles. The van der Waals surface area contributed by atoms with Crippen LogP contribution in [-0.2, 0) is 0 Å². The Labute approximate surface area is 104 Å². The molecule has 17 heavy (non-hydrogen) atoms. The van der Waals surface area contributed by atoms with Crippen molar-refractivity contribution in [2.75, 3.05) is 0 Å². The van der Waals surface area contributed by atoms with Crippen molar-refractivity contribution in [3.63, 3.8) is 0 Å². The van der Waals surface area contributed by atoms with Crippen LogP contribution >= 0.6 is 0 Å². The molecule has 1 aliphatic carbocycles. The van der Waals surface area contributed by atoms with E-state index in [0.717, 1.165) is 23.7 Å². The van der Waals surface area contributed by atoms with E-state index in [-0.39, 0.29) is 0 Å². The molecular formula is C16H22O. The van der Waals surface area contributed by atoms with E-state index in [0.29, 0.717) is 5.92 Å². The SMILES string of the molecule is CC1CCC(C(C)c2cccc(C=O)c2)CC1. The quantitative estimate of drug-likeness (QED) is 0.702. The number of hydrogen-bond donors (Lipinski definition) is 0. The van der Waals surface area contributed by atoms with E-state index in [2.05, 4.69) is 26.0 Å². The summed E-state index contributed by atoms with van der Waals surface area (Å²) in [6, 6.07) is 8.10. The maximum Gasteiger partial charge on any atom is 0.150 e. The second kappa shape index (κ2) is 5.48. The molecule has 92 valence electrons. The molecule has 1 unspecified atom stereocenters. The molecule has 1 saturated carbocycles. The van der Waals surface area contributed by atoms with Crippen LogP contribution in [0, 0.1) is 11.8 Å². The van der Waals surface area contributed by atoms with Crippen molar-refractivity contribution in [3.05, 3.63) is 35.4 Å². The third kappa shape index (κ3) is 2.96. The summed E-state index contributed by atoms with van der Waals surface area (Å²) in [5.41, 5.74) is 2.13. The average Bonchev–Trinajstić information content (AvgIpc) is 2.39. The van der Waals surface area contributed by atoms with Crippen LogP contribution in [0.25, 0.3) is 0 Å². The minimum absolute atomic E-state index is 0.586. The molecule has 1 aromatic rings. The maximum atomic E-state index is 10.8. The van der Waals surface area contributed by atoms with E-state index >= 15 is 0 Å². The molecular weight excluding hydrogens is 208 g/mol. The summed E-state index contributed by atoms with van der Waals surface area (Å²) in [7, 11) is 0. The van der Waals surface area contributed by atoms with Crippen molar-refractivity contribution < 1.29 is 4.79 Å². The van der Waals surface area contributed by atoms with Crippen LogP contribution in [0.1, 0.15) is 61.4 Å². The van der Waals surface area contributed by atoms with E-state index < -0.39 is 0 Å². The van der Waals surface area contributed by atoms with Gasteiger partial charge in [0.1, 0.15) is 6.29 Å². The van der Waals surface area contributed by atoms with Crippen molar-refractivity contribution in [2.24, 2.45) is 11.8 Å². The minimum Gasteiger partial charge on any atom is -0.298 e. The number of aldehydes is 1. The molecule has 0 bridgehead atoms. The first-order chi connectivity index (χ1) is 8.20. The molecule has 0 amide bonds. The molecule has 0 heterocycles. The first-order valence-corrected chi connectivity index (χ1v) is 6.76. The van der Waals surface area contributed by atoms with Crippen LogP contribution in [0.4, 0.5) is 0 Å². The van der Waals surface area contributed by atoms with Crippen molar-refractivity contribution in [1.82, 2.24) is 0 Å². The largest absolute Gasteiger partial charge is 0.298 e. The fourth-order valence-corrected chi connectivity index (χ4v) is 2.97. The van der Waals surface area contributed by atoms with Crippen LogP contribution in [0.3, 0.4) is 0 Å². The van der Waals surface area contributed by atoms with Gasteiger partial charge in [0.25, 0.3) is 0 Å². The van der Waals surface area contributed by atoms with Gasteiger partial charge in [-0.3, -0.25) is 4.79 Å². The number of carbonyl (C=O) groups is 1. The smallest absolute Gasteiger partial charge is 0.150 e. The summed E-state index contributed by atoms with van der Waals surface area (Å²) >= 11 is 0. The molecule has 1 aromatic carbocycles. The molecule has 1 nitrogen and oxygen atoms in total. The lowest BCUT2D eigenvalue weighted by molar-refractivity contribution is 0.112. The van der Waals surface area contributed by atoms with Crippen LogP contribution in [0.2, 0.25) is 0 Å². The summed E-state index contributed by atoms with van der Waals surface area (Å²) in [6.07, 6.45) is 6.35. The molecule has 1 atom stereocenters. The number of benzene rings is 1. The molecule has 1 fully saturated rings. The Morgan fingerprint density at radius 1 is 1.24 bits per heavy atom. The zero-order valence-corrected chi connectivity index (χ0v) is 10.9. The van der Waals surface area contributed by atoms with Gasteiger partial charge in [0.05, 0.1) is 0 Å². The first kappa shape index (κ1) is 12.3. The topological polar surface area (TPSA) is 17.1 Å². The zero-order valence-electron chi connectivity index (χ0n) is 10.9. The van der Waals surface area contributed by atoms with E-state index in [4.69, 9.17) is 0 Å². The predicted octanol–water partition coefficient (Wildman–Crippen LogP) is 4.43. The number of rotatable bonds is 3. The third-order valence-corrected chi connectivity index (χ3v) is 4.34. The molecule has 1 heteroatoms. The number of carbonyl (C=O) groups excluding carboxylic acids is 1. The second-order valence-corrected chi connectivity index (χ2v) is 5.60. The van der Waals surface area contributed by atoms with Crippen molar-refractivity contribution >= 4 is 6.29 Å². The lowest BCUT2D eigenvalue weighted by Crippen LogP contribution is -2.17. The number of hydrogen-bond acceptors (Lipinski definition) is 1. The van der Waals surface area contributed by atoms with Crippen LogP contribution in [0.15, 0.2) is 24.3 Å². The molecule has 0 saturated heterocycles. The summed E-state index contributed by atoms with van der Waals surface area (Å²) in [5.74, 6) is 2.29. The Kier molecular flexibility index (Phi) is 3.98. The fourth-order valence-electron chi connectivity index (χ4n) is 2.97. The molecule has 1 aliphatic rings. The predicted molar refractivity (Wildman–Crippen MR) is 71.4 cm³/mol. The van der Waals surface area contributed by atoms with Crippen LogP contribution in [0.5, 0.6) is 0 Å². The van der Waals surface area contributed by atoms with Gasteiger partial charge < -0.3 is 0 Å². The molecule has 2 rings (SSSR count). The van der Waals surface area contributed by atoms with Gasteiger partial charge in [0, 0.05) is 5.56 Å².